The number of nitrogens with zero attached hydrogens (tertiary/aromatic N) is 2. The molecule has 0 spiro atoms. The predicted molar refractivity (Wildman–Crippen MR) is 99.3 cm³/mol. The summed E-state index contributed by atoms with van der Waals surface area (Å²) in [6.45, 7) is 10.1. The van der Waals surface area contributed by atoms with E-state index in [4.69, 9.17) is 0 Å². The molecule has 140 valence electrons. The molecule has 0 aliphatic carbocycles. The zero-order chi connectivity index (χ0) is 18.6. The third kappa shape index (κ3) is 4.52. The number of hydrogen-bond donors (Lipinski definition) is 1. The Morgan fingerprint density at radius 1 is 1.04 bits per heavy atom. The van der Waals surface area contributed by atoms with Crippen molar-refractivity contribution in [3.05, 3.63) is 28.8 Å². The molecular weight excluding hydrogens is 338 g/mol. The van der Waals surface area contributed by atoms with Crippen LogP contribution in [0.15, 0.2) is 17.0 Å². The average Bonchev–Trinajstić information content (AvgIpc) is 2.82. The van der Waals surface area contributed by atoms with Crippen molar-refractivity contribution in [3.8, 4) is 0 Å². The number of amides is 2. The van der Waals surface area contributed by atoms with Crippen molar-refractivity contribution in [1.82, 2.24) is 14.5 Å². The Balaban J connectivity index is 2.16. The van der Waals surface area contributed by atoms with Crippen molar-refractivity contribution in [2.75, 3.05) is 32.7 Å². The van der Waals surface area contributed by atoms with Crippen LogP contribution in [-0.4, -0.2) is 56.4 Å². The highest BCUT2D eigenvalue weighted by atomic mass is 32.2. The number of urea groups is 1. The van der Waals surface area contributed by atoms with Gasteiger partial charge in [0.15, 0.2) is 0 Å². The Labute approximate surface area is 151 Å². The number of nitrogens with one attached hydrogen (secondary N) is 1. The second-order valence-electron chi connectivity index (χ2n) is 6.68. The third-order valence-corrected chi connectivity index (χ3v) is 6.72. The zero-order valence-corrected chi connectivity index (χ0v) is 16.4. The maximum absolute atomic E-state index is 13.1. The first-order chi connectivity index (χ1) is 11.8. The molecule has 0 radical (unpaired) electrons. The van der Waals surface area contributed by atoms with Crippen LogP contribution in [0, 0.1) is 20.8 Å². The van der Waals surface area contributed by atoms with Gasteiger partial charge in [0.2, 0.25) is 10.0 Å². The summed E-state index contributed by atoms with van der Waals surface area (Å²) in [5.41, 5.74) is 2.83. The molecule has 1 fully saturated rings. The van der Waals surface area contributed by atoms with Crippen LogP contribution in [0.4, 0.5) is 4.79 Å². The van der Waals surface area contributed by atoms with Crippen molar-refractivity contribution in [2.45, 2.75) is 45.4 Å². The molecule has 7 heteroatoms. The van der Waals surface area contributed by atoms with Crippen LogP contribution in [0.1, 0.15) is 36.5 Å². The monoisotopic (exact) mass is 367 g/mol. The molecule has 0 saturated carbocycles. The van der Waals surface area contributed by atoms with Crippen LogP contribution in [0.2, 0.25) is 0 Å². The molecule has 0 atom stereocenters. The van der Waals surface area contributed by atoms with E-state index in [2.05, 4.69) is 5.32 Å². The number of sulfonamides is 1. The molecule has 1 aliphatic heterocycles. The highest BCUT2D eigenvalue weighted by Gasteiger charge is 2.29. The van der Waals surface area contributed by atoms with Gasteiger partial charge in [0.05, 0.1) is 4.90 Å². The van der Waals surface area contributed by atoms with Gasteiger partial charge in [-0.3, -0.25) is 0 Å². The Morgan fingerprint density at radius 3 is 2.40 bits per heavy atom. The van der Waals surface area contributed by atoms with E-state index < -0.39 is 10.0 Å². The van der Waals surface area contributed by atoms with Crippen LogP contribution < -0.4 is 5.32 Å². The second-order valence-corrected chi connectivity index (χ2v) is 8.58. The molecule has 1 aliphatic rings. The molecule has 1 aromatic rings. The minimum absolute atomic E-state index is 0.108. The van der Waals surface area contributed by atoms with Gasteiger partial charge >= 0.3 is 6.03 Å². The lowest BCUT2D eigenvalue weighted by Crippen LogP contribution is -2.42. The summed E-state index contributed by atoms with van der Waals surface area (Å²) in [5, 5.41) is 2.86. The third-order valence-electron chi connectivity index (χ3n) is 4.68. The maximum Gasteiger partial charge on any atom is 0.317 e. The first-order valence-electron chi connectivity index (χ1n) is 8.88. The van der Waals surface area contributed by atoms with Gasteiger partial charge in [-0.15, -0.1) is 0 Å². The fourth-order valence-corrected chi connectivity index (χ4v) is 4.79. The molecule has 0 unspecified atom stereocenters. The van der Waals surface area contributed by atoms with Crippen LogP contribution in [-0.2, 0) is 10.0 Å². The Hall–Kier alpha value is -1.60. The van der Waals surface area contributed by atoms with Gasteiger partial charge in [-0.25, -0.2) is 13.2 Å². The van der Waals surface area contributed by atoms with Crippen molar-refractivity contribution < 1.29 is 13.2 Å². The summed E-state index contributed by atoms with van der Waals surface area (Å²) >= 11 is 0. The average molecular weight is 368 g/mol. The first-order valence-corrected chi connectivity index (χ1v) is 10.3. The minimum atomic E-state index is -3.55. The summed E-state index contributed by atoms with van der Waals surface area (Å²) < 4.78 is 27.7. The molecule has 6 nitrogen and oxygen atoms in total. The van der Waals surface area contributed by atoms with Gasteiger partial charge in [0, 0.05) is 32.7 Å². The zero-order valence-electron chi connectivity index (χ0n) is 15.6. The lowest BCUT2D eigenvalue weighted by Gasteiger charge is -2.23. The lowest BCUT2D eigenvalue weighted by molar-refractivity contribution is 0.200. The summed E-state index contributed by atoms with van der Waals surface area (Å²) in [7, 11) is -3.55. The fourth-order valence-electron chi connectivity index (χ4n) is 3.03. The van der Waals surface area contributed by atoms with Gasteiger partial charge in [0.1, 0.15) is 0 Å². The Bertz CT molecular complexity index is 731. The number of aryl methyl sites for hydroxylation is 3. The van der Waals surface area contributed by atoms with Crippen molar-refractivity contribution in [2.24, 2.45) is 0 Å². The molecule has 0 aromatic heterocycles. The van der Waals surface area contributed by atoms with E-state index in [1.54, 1.807) is 11.0 Å². The van der Waals surface area contributed by atoms with Gasteiger partial charge in [-0.05, 0) is 56.4 Å². The SMILES string of the molecule is CCCNC(=O)N1CCCN(S(=O)(=O)c2cc(C)c(C)cc2C)CC1. The topological polar surface area (TPSA) is 69.7 Å². The van der Waals surface area contributed by atoms with Gasteiger partial charge in [-0.1, -0.05) is 13.0 Å². The number of benzene rings is 1. The summed E-state index contributed by atoms with van der Waals surface area (Å²) in [4.78, 5) is 14.2. The largest absolute Gasteiger partial charge is 0.338 e. The summed E-state index contributed by atoms with van der Waals surface area (Å²) in [6, 6.07) is 3.57. The van der Waals surface area contributed by atoms with Crippen molar-refractivity contribution in [1.29, 1.82) is 0 Å². The van der Waals surface area contributed by atoms with E-state index in [9.17, 15) is 13.2 Å². The van der Waals surface area contributed by atoms with E-state index >= 15 is 0 Å². The molecule has 0 bridgehead atoms. The number of rotatable bonds is 4. The van der Waals surface area contributed by atoms with E-state index in [-0.39, 0.29) is 6.03 Å². The van der Waals surface area contributed by atoms with E-state index in [0.29, 0.717) is 44.0 Å². The standard InChI is InChI=1S/C18H29N3O3S/c1-5-7-19-18(22)20-8-6-9-21(11-10-20)25(23,24)17-13-15(3)14(2)12-16(17)4/h12-13H,5-11H2,1-4H3,(H,19,22). The molecule has 1 heterocycles. The predicted octanol–water partition coefficient (Wildman–Crippen LogP) is 2.43. The quantitative estimate of drug-likeness (QED) is 0.888. The smallest absolute Gasteiger partial charge is 0.317 e. The molecule has 2 rings (SSSR count). The molecule has 1 saturated heterocycles. The number of hydrogen-bond acceptors (Lipinski definition) is 3. The number of carbonyl (C=O) groups is 1. The molecular formula is C18H29N3O3S. The lowest BCUT2D eigenvalue weighted by atomic mass is 10.1. The Kier molecular flexibility index (Phi) is 6.46. The second kappa shape index (κ2) is 8.19. The molecule has 25 heavy (non-hydrogen) atoms. The highest BCUT2D eigenvalue weighted by Crippen LogP contribution is 2.24. The summed E-state index contributed by atoms with van der Waals surface area (Å²) in [6.07, 6.45) is 1.52. The van der Waals surface area contributed by atoms with Gasteiger partial charge in [-0.2, -0.15) is 4.31 Å². The van der Waals surface area contributed by atoms with Gasteiger partial charge in [0.25, 0.3) is 0 Å². The van der Waals surface area contributed by atoms with Crippen LogP contribution in [0.5, 0.6) is 0 Å². The molecule has 1 aromatic carbocycles. The van der Waals surface area contributed by atoms with Gasteiger partial charge < -0.3 is 10.2 Å². The fraction of sp³-hybridized carbons (Fsp3) is 0.611. The van der Waals surface area contributed by atoms with Crippen molar-refractivity contribution in [3.63, 3.8) is 0 Å². The molecule has 1 N–H and O–H groups in total. The first kappa shape index (κ1) is 19.7. The summed E-state index contributed by atoms with van der Waals surface area (Å²) in [5.74, 6) is 0. The molecule has 2 amide bonds. The van der Waals surface area contributed by atoms with E-state index in [1.807, 2.05) is 33.8 Å². The number of carbonyl (C=O) groups excluding carboxylic acids is 1. The normalized spacial score (nSPS) is 16.6. The highest BCUT2D eigenvalue weighted by molar-refractivity contribution is 7.89. The van der Waals surface area contributed by atoms with Crippen LogP contribution in [0.3, 0.4) is 0 Å². The van der Waals surface area contributed by atoms with E-state index in [0.717, 1.165) is 23.1 Å². The van der Waals surface area contributed by atoms with Crippen molar-refractivity contribution >= 4 is 16.1 Å². The Morgan fingerprint density at radius 2 is 1.72 bits per heavy atom. The van der Waals surface area contributed by atoms with Crippen LogP contribution >= 0.6 is 0 Å². The maximum atomic E-state index is 13.1. The van der Waals surface area contributed by atoms with E-state index in [1.165, 1.54) is 4.31 Å². The minimum Gasteiger partial charge on any atom is -0.338 e. The van der Waals surface area contributed by atoms with Crippen LogP contribution in [0.25, 0.3) is 0 Å².